The number of carboxylic acid groups (broad SMARTS) is 1. The highest BCUT2D eigenvalue weighted by Gasteiger charge is 2.28. The van der Waals surface area contributed by atoms with E-state index in [1.165, 1.54) is 0 Å². The summed E-state index contributed by atoms with van der Waals surface area (Å²) < 4.78 is 10.8. The normalized spacial score (nSPS) is 14.6. The fourth-order valence-corrected chi connectivity index (χ4v) is 4.13. The molecule has 1 saturated carbocycles. The summed E-state index contributed by atoms with van der Waals surface area (Å²) in [5.41, 5.74) is 2.99. The second-order valence-electron chi connectivity index (χ2n) is 6.88. The quantitative estimate of drug-likeness (QED) is 0.350. The molecule has 0 atom stereocenters. The third-order valence-electron chi connectivity index (χ3n) is 4.68. The maximum atomic E-state index is 11.3. The van der Waals surface area contributed by atoms with Gasteiger partial charge in [-0.05, 0) is 49.6 Å². The number of hydrogen-bond donors (Lipinski definition) is 1. The molecule has 3 rings (SSSR count). The third kappa shape index (κ3) is 5.64. The summed E-state index contributed by atoms with van der Waals surface area (Å²) in [7, 11) is 3.28. The fraction of sp³-hybridized carbons (Fsp3) is 0.304. The first-order valence-corrected chi connectivity index (χ1v) is 10.4. The zero-order valence-corrected chi connectivity index (χ0v) is 17.7. The van der Waals surface area contributed by atoms with Crippen molar-refractivity contribution in [2.75, 3.05) is 14.2 Å². The Morgan fingerprint density at radius 3 is 2.62 bits per heavy atom. The van der Waals surface area contributed by atoms with Crippen LogP contribution in [0.15, 0.2) is 53.0 Å². The molecule has 0 saturated heterocycles. The smallest absolute Gasteiger partial charge is 0.331 e. The molecule has 1 aliphatic carbocycles. The molecule has 2 aromatic carbocycles. The van der Waals surface area contributed by atoms with E-state index in [0.29, 0.717) is 11.7 Å². The number of hydrogen-bond acceptors (Lipinski definition) is 5. The summed E-state index contributed by atoms with van der Waals surface area (Å²) in [6.07, 6.45) is 3.98. The van der Waals surface area contributed by atoms with Gasteiger partial charge in [0.15, 0.2) is 0 Å². The molecule has 0 bridgehead atoms. The molecule has 1 N–H and O–H groups in total. The Morgan fingerprint density at radius 1 is 1.21 bits per heavy atom. The molecule has 6 heteroatoms. The van der Waals surface area contributed by atoms with Crippen molar-refractivity contribution < 1.29 is 19.4 Å². The van der Waals surface area contributed by atoms with Crippen LogP contribution in [0.4, 0.5) is 5.69 Å². The van der Waals surface area contributed by atoms with E-state index >= 15 is 0 Å². The summed E-state index contributed by atoms with van der Waals surface area (Å²) >= 11 is 1.69. The van der Waals surface area contributed by atoms with Crippen molar-refractivity contribution in [3.05, 3.63) is 59.2 Å². The molecule has 0 aliphatic heterocycles. The lowest BCUT2D eigenvalue weighted by molar-refractivity contribution is -0.132. The monoisotopic (exact) mass is 411 g/mol. The number of methoxy groups -OCH3 is 2. The lowest BCUT2D eigenvalue weighted by atomic mass is 10.1. The average Bonchev–Trinajstić information content (AvgIpc) is 3.56. The van der Waals surface area contributed by atoms with E-state index < -0.39 is 5.97 Å². The van der Waals surface area contributed by atoms with Crippen molar-refractivity contribution >= 4 is 34.5 Å². The highest BCUT2D eigenvalue weighted by atomic mass is 32.2. The minimum atomic E-state index is -0.926. The zero-order valence-electron chi connectivity index (χ0n) is 16.8. The number of rotatable bonds is 8. The zero-order chi connectivity index (χ0) is 20.8. The summed E-state index contributed by atoms with van der Waals surface area (Å²) in [5.74, 6) is 1.75. The van der Waals surface area contributed by atoms with Crippen molar-refractivity contribution in [1.82, 2.24) is 0 Å². The van der Waals surface area contributed by atoms with Gasteiger partial charge in [0.2, 0.25) is 0 Å². The van der Waals surface area contributed by atoms with Gasteiger partial charge in [-0.15, -0.1) is 11.8 Å². The molecule has 0 spiro atoms. The van der Waals surface area contributed by atoms with E-state index in [9.17, 15) is 9.90 Å². The summed E-state index contributed by atoms with van der Waals surface area (Å²) in [6, 6.07) is 13.4. The minimum Gasteiger partial charge on any atom is -0.497 e. The van der Waals surface area contributed by atoms with Gasteiger partial charge >= 0.3 is 5.97 Å². The average molecular weight is 412 g/mol. The first kappa shape index (κ1) is 21.0. The van der Waals surface area contributed by atoms with Crippen LogP contribution in [0.5, 0.6) is 11.5 Å². The van der Waals surface area contributed by atoms with Gasteiger partial charge in [-0.3, -0.25) is 0 Å². The predicted molar refractivity (Wildman–Crippen MR) is 118 cm³/mol. The first-order chi connectivity index (χ1) is 14.0. The molecule has 1 aliphatic rings. The fourth-order valence-electron chi connectivity index (χ4n) is 2.88. The van der Waals surface area contributed by atoms with E-state index in [1.807, 2.05) is 42.5 Å². The van der Waals surface area contributed by atoms with Crippen LogP contribution < -0.4 is 9.47 Å². The van der Waals surface area contributed by atoms with Crippen molar-refractivity contribution in [2.24, 2.45) is 10.9 Å². The Morgan fingerprint density at radius 2 is 1.97 bits per heavy atom. The number of carboxylic acids is 1. The number of aliphatic imine (C=N–C) groups is 1. The van der Waals surface area contributed by atoms with Crippen LogP contribution in [0.25, 0.3) is 6.08 Å². The summed E-state index contributed by atoms with van der Waals surface area (Å²) in [5, 5.41) is 10.3. The molecular formula is C23H25NO4S. The second-order valence-corrected chi connectivity index (χ2v) is 7.87. The van der Waals surface area contributed by atoms with Gasteiger partial charge in [-0.1, -0.05) is 18.2 Å². The van der Waals surface area contributed by atoms with Gasteiger partial charge in [0.05, 0.1) is 25.0 Å². The second kappa shape index (κ2) is 9.65. The van der Waals surface area contributed by atoms with Crippen LogP contribution in [0, 0.1) is 5.92 Å². The Kier molecular flexibility index (Phi) is 6.99. The lowest BCUT2D eigenvalue weighted by Gasteiger charge is -2.13. The summed E-state index contributed by atoms with van der Waals surface area (Å²) in [4.78, 5) is 16.1. The molecule has 0 unspecified atom stereocenters. The molecule has 29 heavy (non-hydrogen) atoms. The van der Waals surface area contributed by atoms with Crippen LogP contribution in [0.2, 0.25) is 0 Å². The topological polar surface area (TPSA) is 68.1 Å². The van der Waals surface area contributed by atoms with Gasteiger partial charge in [0.1, 0.15) is 11.5 Å². The Bertz CT molecular complexity index is 948. The number of aliphatic carboxylic acids is 1. The van der Waals surface area contributed by atoms with Crippen LogP contribution in [-0.2, 0) is 10.5 Å². The van der Waals surface area contributed by atoms with E-state index in [4.69, 9.17) is 14.5 Å². The minimum absolute atomic E-state index is 0.289. The van der Waals surface area contributed by atoms with Crippen molar-refractivity contribution in [3.63, 3.8) is 0 Å². The number of nitrogens with zero attached hydrogens (tertiary/aromatic N) is 1. The first-order valence-electron chi connectivity index (χ1n) is 9.44. The van der Waals surface area contributed by atoms with Gasteiger partial charge in [-0.25, -0.2) is 9.79 Å². The van der Waals surface area contributed by atoms with E-state index in [2.05, 4.69) is 0 Å². The molecule has 5 nitrogen and oxygen atoms in total. The molecule has 0 radical (unpaired) electrons. The van der Waals surface area contributed by atoms with E-state index in [0.717, 1.165) is 46.2 Å². The molecule has 152 valence electrons. The Labute approximate surface area is 175 Å². The largest absolute Gasteiger partial charge is 0.497 e. The molecule has 0 aromatic heterocycles. The predicted octanol–water partition coefficient (Wildman–Crippen LogP) is 5.57. The maximum absolute atomic E-state index is 11.3. The molecule has 1 fully saturated rings. The van der Waals surface area contributed by atoms with Crippen LogP contribution in [0.3, 0.4) is 0 Å². The van der Waals surface area contributed by atoms with Gasteiger partial charge in [-0.2, -0.15) is 0 Å². The third-order valence-corrected chi connectivity index (χ3v) is 5.84. The van der Waals surface area contributed by atoms with Crippen LogP contribution >= 0.6 is 11.8 Å². The number of benzene rings is 2. The number of thioether (sulfide) groups is 1. The Balaban J connectivity index is 1.87. The van der Waals surface area contributed by atoms with Crippen LogP contribution in [-0.4, -0.2) is 30.3 Å². The molecule has 0 heterocycles. The van der Waals surface area contributed by atoms with Crippen molar-refractivity contribution in [2.45, 2.75) is 25.5 Å². The van der Waals surface area contributed by atoms with Gasteiger partial charge in [0.25, 0.3) is 0 Å². The molecular weight excluding hydrogens is 386 g/mol. The van der Waals surface area contributed by atoms with Crippen molar-refractivity contribution in [3.8, 4) is 11.5 Å². The Hall–Kier alpha value is -2.73. The van der Waals surface area contributed by atoms with E-state index in [-0.39, 0.29) is 5.57 Å². The van der Waals surface area contributed by atoms with E-state index in [1.54, 1.807) is 39.0 Å². The molecule has 0 amide bonds. The number of carbonyl (C=O) groups is 1. The van der Waals surface area contributed by atoms with Crippen LogP contribution in [0.1, 0.15) is 30.9 Å². The summed E-state index contributed by atoms with van der Waals surface area (Å²) in [6.45, 7) is 1.60. The number of ether oxygens (including phenoxy) is 2. The van der Waals surface area contributed by atoms with Crippen molar-refractivity contribution in [1.29, 1.82) is 0 Å². The maximum Gasteiger partial charge on any atom is 0.331 e. The lowest BCUT2D eigenvalue weighted by Crippen LogP contribution is -2.01. The highest BCUT2D eigenvalue weighted by molar-refractivity contribution is 8.13. The van der Waals surface area contributed by atoms with Gasteiger partial charge < -0.3 is 14.6 Å². The standard InChI is InChI=1S/C23H25NO4S/c1-15(23(25)26)12-17-6-4-9-21(28-3)20(17)14-29-22(16-10-11-16)24-18-7-5-8-19(13-18)27-2/h4-9,12-13,16H,10-11,14H2,1-3H3,(H,25,26). The highest BCUT2D eigenvalue weighted by Crippen LogP contribution is 2.39. The SMILES string of the molecule is COc1cccc(N=C(SCc2c(C=C(C)C(=O)O)cccc2OC)C2CC2)c1. The van der Waals surface area contributed by atoms with Gasteiger partial charge in [0, 0.05) is 28.9 Å². The molecule has 2 aromatic rings.